The summed E-state index contributed by atoms with van der Waals surface area (Å²) in [6, 6.07) is 3.91. The molecule has 0 saturated heterocycles. The van der Waals surface area contributed by atoms with Crippen molar-refractivity contribution < 1.29 is 14.3 Å². The first-order valence-corrected chi connectivity index (χ1v) is 9.50. The van der Waals surface area contributed by atoms with Gasteiger partial charge in [-0.3, -0.25) is 9.59 Å². The van der Waals surface area contributed by atoms with Crippen molar-refractivity contribution in [2.75, 3.05) is 13.7 Å². The highest BCUT2D eigenvalue weighted by Gasteiger charge is 2.29. The third-order valence-corrected chi connectivity index (χ3v) is 5.46. The third kappa shape index (κ3) is 3.22. The van der Waals surface area contributed by atoms with Crippen LogP contribution in [0.3, 0.4) is 0 Å². The van der Waals surface area contributed by atoms with Crippen LogP contribution in [0, 0.1) is 0 Å². The fourth-order valence-electron chi connectivity index (χ4n) is 3.99. The number of methoxy groups -OCH3 is 1. The van der Waals surface area contributed by atoms with Crippen molar-refractivity contribution in [3.8, 4) is 5.75 Å². The minimum absolute atomic E-state index is 0.0124. The quantitative estimate of drug-likeness (QED) is 0.616. The summed E-state index contributed by atoms with van der Waals surface area (Å²) in [6.45, 7) is 6.50. The van der Waals surface area contributed by atoms with Gasteiger partial charge in [0.05, 0.1) is 18.7 Å². The van der Waals surface area contributed by atoms with Crippen LogP contribution in [-0.2, 0) is 11.2 Å². The monoisotopic (exact) mass is 356 g/mol. The van der Waals surface area contributed by atoms with Gasteiger partial charge in [-0.2, -0.15) is 0 Å². The first-order chi connectivity index (χ1) is 12.5. The lowest BCUT2D eigenvalue weighted by Gasteiger charge is -2.32. The van der Waals surface area contributed by atoms with Gasteiger partial charge in [0.25, 0.3) is 0 Å². The number of nitrogens with zero attached hydrogens (tertiary/aromatic N) is 1. The van der Waals surface area contributed by atoms with Crippen LogP contribution in [0.1, 0.15) is 74.1 Å². The first-order valence-electron chi connectivity index (χ1n) is 9.50. The number of nitrogens with one attached hydrogen (secondary N) is 1. The zero-order chi connectivity index (χ0) is 18.8. The number of benzene rings is 1. The number of hydrogen-bond donors (Lipinski definition) is 1. The number of ketones is 1. The van der Waals surface area contributed by atoms with E-state index < -0.39 is 0 Å². The molecule has 1 aliphatic heterocycles. The second-order valence-corrected chi connectivity index (χ2v) is 7.13. The van der Waals surface area contributed by atoms with Crippen molar-refractivity contribution in [2.24, 2.45) is 0 Å². The van der Waals surface area contributed by atoms with Crippen molar-refractivity contribution in [3.63, 3.8) is 0 Å². The molecule has 2 aromatic rings. The van der Waals surface area contributed by atoms with E-state index in [0.29, 0.717) is 24.3 Å². The van der Waals surface area contributed by atoms with Crippen molar-refractivity contribution in [1.29, 1.82) is 0 Å². The van der Waals surface area contributed by atoms with Crippen LogP contribution in [0.4, 0.5) is 0 Å². The van der Waals surface area contributed by atoms with Crippen molar-refractivity contribution >= 4 is 22.6 Å². The summed E-state index contributed by atoms with van der Waals surface area (Å²) >= 11 is 0. The second kappa shape index (κ2) is 7.52. The SMILES string of the molecule is CCCCCC(=O)c1cc2c3c([nH]c2cc1OC)C(C)N(C(C)=O)CC3. The van der Waals surface area contributed by atoms with Gasteiger partial charge < -0.3 is 14.6 Å². The Balaban J connectivity index is 2.02. The number of ether oxygens (including phenoxy) is 1. The maximum Gasteiger partial charge on any atom is 0.220 e. The number of aromatic nitrogens is 1. The molecule has 1 N–H and O–H groups in total. The fraction of sp³-hybridized carbons (Fsp3) is 0.524. The highest BCUT2D eigenvalue weighted by molar-refractivity contribution is 6.03. The maximum atomic E-state index is 12.7. The zero-order valence-corrected chi connectivity index (χ0v) is 16.1. The Morgan fingerprint density at radius 3 is 2.73 bits per heavy atom. The van der Waals surface area contributed by atoms with Gasteiger partial charge >= 0.3 is 0 Å². The Morgan fingerprint density at radius 2 is 2.08 bits per heavy atom. The van der Waals surface area contributed by atoms with Crippen molar-refractivity contribution in [1.82, 2.24) is 9.88 Å². The van der Waals surface area contributed by atoms with E-state index in [1.807, 2.05) is 24.0 Å². The minimum Gasteiger partial charge on any atom is -0.496 e. The number of Topliss-reactive ketones (excluding diaryl/α,β-unsaturated/α-hetero) is 1. The van der Waals surface area contributed by atoms with Crippen molar-refractivity contribution in [2.45, 2.75) is 58.9 Å². The first kappa shape index (κ1) is 18.5. The van der Waals surface area contributed by atoms with E-state index in [9.17, 15) is 9.59 Å². The van der Waals surface area contributed by atoms with Gasteiger partial charge in [0, 0.05) is 42.6 Å². The average molecular weight is 356 g/mol. The highest BCUT2D eigenvalue weighted by atomic mass is 16.5. The molecule has 5 nitrogen and oxygen atoms in total. The smallest absolute Gasteiger partial charge is 0.220 e. The number of amides is 1. The predicted octanol–water partition coefficient (Wildman–Crippen LogP) is 4.41. The normalized spacial score (nSPS) is 16.6. The molecular weight excluding hydrogens is 328 g/mol. The number of carbonyl (C=O) groups excluding carboxylic acids is 2. The van der Waals surface area contributed by atoms with Gasteiger partial charge in [-0.15, -0.1) is 0 Å². The van der Waals surface area contributed by atoms with E-state index in [-0.39, 0.29) is 17.7 Å². The zero-order valence-electron chi connectivity index (χ0n) is 16.1. The van der Waals surface area contributed by atoms with Crippen LogP contribution >= 0.6 is 0 Å². The average Bonchev–Trinajstić information content (AvgIpc) is 2.99. The van der Waals surface area contributed by atoms with E-state index >= 15 is 0 Å². The number of unbranched alkanes of at least 4 members (excludes halogenated alkanes) is 2. The molecule has 0 saturated carbocycles. The fourth-order valence-corrected chi connectivity index (χ4v) is 3.99. The van der Waals surface area contributed by atoms with Crippen LogP contribution in [0.5, 0.6) is 5.75 Å². The molecule has 0 spiro atoms. The van der Waals surface area contributed by atoms with Crippen LogP contribution in [0.2, 0.25) is 0 Å². The van der Waals surface area contributed by atoms with E-state index in [1.54, 1.807) is 14.0 Å². The molecule has 0 fully saturated rings. The van der Waals surface area contributed by atoms with E-state index in [0.717, 1.165) is 42.3 Å². The number of fused-ring (bicyclic) bond motifs is 3. The molecule has 1 amide bonds. The molecule has 1 aromatic carbocycles. The van der Waals surface area contributed by atoms with Gasteiger partial charge in [0.15, 0.2) is 5.78 Å². The topological polar surface area (TPSA) is 62.4 Å². The summed E-state index contributed by atoms with van der Waals surface area (Å²) in [5.74, 6) is 0.848. The number of rotatable bonds is 6. The molecule has 1 atom stereocenters. The largest absolute Gasteiger partial charge is 0.496 e. The van der Waals surface area contributed by atoms with E-state index in [4.69, 9.17) is 4.74 Å². The summed E-state index contributed by atoms with van der Waals surface area (Å²) < 4.78 is 5.49. The predicted molar refractivity (Wildman–Crippen MR) is 103 cm³/mol. The molecule has 140 valence electrons. The van der Waals surface area contributed by atoms with Gasteiger partial charge in [0.2, 0.25) is 5.91 Å². The van der Waals surface area contributed by atoms with Crippen molar-refractivity contribution in [3.05, 3.63) is 29.0 Å². The standard InChI is InChI=1S/C21H28N2O3/c1-5-6-7-8-19(25)17-11-16-15-9-10-23(14(3)24)13(2)21(15)22-18(16)12-20(17)26-4/h11-13,22H,5-10H2,1-4H3. The highest BCUT2D eigenvalue weighted by Crippen LogP contribution is 2.37. The molecule has 3 rings (SSSR count). The van der Waals surface area contributed by atoms with Gasteiger partial charge in [-0.25, -0.2) is 0 Å². The Morgan fingerprint density at radius 1 is 1.31 bits per heavy atom. The Hall–Kier alpha value is -2.30. The van der Waals surface area contributed by atoms with E-state index in [1.165, 1.54) is 5.56 Å². The molecular formula is C21H28N2O3. The molecule has 2 heterocycles. The minimum atomic E-state index is 0.0124. The van der Waals surface area contributed by atoms with Gasteiger partial charge in [-0.05, 0) is 31.4 Å². The molecule has 1 unspecified atom stereocenters. The summed E-state index contributed by atoms with van der Waals surface area (Å²) in [5.41, 5.74) is 3.92. The lowest BCUT2D eigenvalue weighted by atomic mass is 9.96. The molecule has 1 aliphatic rings. The number of H-pyrrole nitrogens is 1. The summed E-state index contributed by atoms with van der Waals surface area (Å²) in [6.07, 6.45) is 4.42. The number of aromatic amines is 1. The summed E-state index contributed by atoms with van der Waals surface area (Å²) in [7, 11) is 1.60. The molecule has 0 radical (unpaired) electrons. The van der Waals surface area contributed by atoms with Crippen LogP contribution in [0.25, 0.3) is 10.9 Å². The summed E-state index contributed by atoms with van der Waals surface area (Å²) in [5, 5.41) is 1.08. The van der Waals surface area contributed by atoms with Gasteiger partial charge in [-0.1, -0.05) is 19.8 Å². The Bertz CT molecular complexity index is 837. The lowest BCUT2D eigenvalue weighted by molar-refractivity contribution is -0.131. The Labute approximate surface area is 154 Å². The molecule has 0 bridgehead atoms. The van der Waals surface area contributed by atoms with Crippen LogP contribution in [0.15, 0.2) is 12.1 Å². The summed E-state index contributed by atoms with van der Waals surface area (Å²) in [4.78, 5) is 29.9. The van der Waals surface area contributed by atoms with E-state index in [2.05, 4.69) is 11.9 Å². The lowest BCUT2D eigenvalue weighted by Crippen LogP contribution is -2.37. The molecule has 1 aromatic heterocycles. The number of carbonyl (C=O) groups is 2. The third-order valence-electron chi connectivity index (χ3n) is 5.46. The van der Waals surface area contributed by atoms with Gasteiger partial charge in [0.1, 0.15) is 5.75 Å². The molecule has 26 heavy (non-hydrogen) atoms. The maximum absolute atomic E-state index is 12.7. The molecule has 5 heteroatoms. The Kier molecular flexibility index (Phi) is 5.35. The number of hydrogen-bond acceptors (Lipinski definition) is 3. The van der Waals surface area contributed by atoms with Crippen LogP contribution < -0.4 is 4.74 Å². The van der Waals surface area contributed by atoms with Crippen LogP contribution in [-0.4, -0.2) is 35.2 Å². The second-order valence-electron chi connectivity index (χ2n) is 7.13. The molecule has 0 aliphatic carbocycles.